The molecule has 2 amide bonds. The molecule has 5 heterocycles. The lowest BCUT2D eigenvalue weighted by molar-refractivity contribution is -0.192. The van der Waals surface area contributed by atoms with E-state index in [1.54, 1.807) is 24.5 Å². The van der Waals surface area contributed by atoms with Crippen LogP contribution in [0.2, 0.25) is 0 Å². The van der Waals surface area contributed by atoms with Crippen LogP contribution < -0.4 is 26.6 Å². The van der Waals surface area contributed by atoms with Gasteiger partial charge in [0.25, 0.3) is 0 Å². The maximum absolute atomic E-state index is 12.7. The number of aliphatic hydroxyl groups is 2. The van der Waals surface area contributed by atoms with Gasteiger partial charge in [-0.25, -0.2) is 19.4 Å². The van der Waals surface area contributed by atoms with Crippen molar-refractivity contribution in [1.29, 1.82) is 0 Å². The number of pyridine rings is 1. The number of urea groups is 1. The Hall–Kier alpha value is -6.42. The molecule has 0 spiro atoms. The van der Waals surface area contributed by atoms with Gasteiger partial charge in [-0.15, -0.1) is 0 Å². The number of nitrogens with two attached hydrogens (primary N) is 1. The fraction of sp³-hybridized carbons (Fsp3) is 0.342. The van der Waals surface area contributed by atoms with Gasteiger partial charge in [0.05, 0.1) is 18.2 Å². The average Bonchev–Trinajstić information content (AvgIpc) is 3.93. The Kier molecular flexibility index (Phi) is 14.7. The number of nitrogens with one attached hydrogen (secondary N) is 3. The second kappa shape index (κ2) is 19.8. The molecule has 21 heteroatoms. The van der Waals surface area contributed by atoms with Gasteiger partial charge in [-0.3, -0.25) is 9.55 Å². The number of carbonyl (C=O) groups is 3. The van der Waals surface area contributed by atoms with Crippen molar-refractivity contribution in [2.45, 2.75) is 56.0 Å². The topological polar surface area (TPSA) is 263 Å². The molecule has 2 saturated heterocycles. The number of amides is 2. The Balaban J connectivity index is 0.000000593. The van der Waals surface area contributed by atoms with Crippen molar-refractivity contribution in [3.63, 3.8) is 0 Å². The summed E-state index contributed by atoms with van der Waals surface area (Å²) in [6, 6.07) is 23.1. The molecule has 0 bridgehead atoms. The van der Waals surface area contributed by atoms with E-state index < -0.39 is 42.7 Å². The third-order valence-corrected chi connectivity index (χ3v) is 9.01. The first kappa shape index (κ1) is 43.7. The number of aliphatic carboxylic acids is 2. The number of imidazole rings is 1. The Morgan fingerprint density at radius 2 is 1.59 bits per heavy atom. The van der Waals surface area contributed by atoms with E-state index in [1.165, 1.54) is 10.9 Å². The number of aliphatic hydroxyl groups excluding tert-OH is 2. The standard InChI is InChI=1S/C34H35N9O6.C2HF3O2.C2H7N/c44-26-27(45)31(49-28(26)32(46)47)43-19-37-25-29(36-17-24(20-8-3-1-4-9-20)21-10-5-2-6-11-21)40-33(41-30(25)43)42-15-13-23(18-42)39-34(48)38-22-12-7-14-35-16-22;3-2(4,5)1(6)7;1-2-3/h1-12,14,16,19,23-24,26-28,31,44-45H,13,15,17-18H2,(H,46,47)(H,36,40,41)(H2,38,39,48);(H,6,7);2-3H2,1H3/t23-,26+,27-,28+,31-;;/m1../s1. The molecule has 9 N–H and O–H groups in total. The average molecular weight is 825 g/mol. The number of alkyl halides is 3. The molecule has 2 aliphatic rings. The minimum Gasteiger partial charge on any atom is -0.479 e. The lowest BCUT2D eigenvalue weighted by Crippen LogP contribution is -2.40. The minimum absolute atomic E-state index is 0.0388. The Morgan fingerprint density at radius 1 is 0.966 bits per heavy atom. The molecule has 2 fully saturated rings. The summed E-state index contributed by atoms with van der Waals surface area (Å²) in [6.45, 7) is 4.06. The highest BCUT2D eigenvalue weighted by atomic mass is 19.4. The fourth-order valence-corrected chi connectivity index (χ4v) is 6.30. The van der Waals surface area contributed by atoms with E-state index in [1.807, 2.05) is 48.2 Å². The summed E-state index contributed by atoms with van der Waals surface area (Å²) < 4.78 is 38.8. The molecular formula is C38H43F3N10O8. The van der Waals surface area contributed by atoms with Crippen molar-refractivity contribution >= 4 is 46.6 Å². The molecular weight excluding hydrogens is 781 g/mol. The number of hydrogen-bond donors (Lipinski definition) is 8. The van der Waals surface area contributed by atoms with Crippen molar-refractivity contribution in [1.82, 2.24) is 29.8 Å². The SMILES string of the molecule is CCN.O=C(Nc1cccnc1)N[C@@H]1CCN(c2nc(NCC(c3ccccc3)c3ccccc3)c3ncn([C@@H]4O[C@H](C(=O)O)[C@@H](O)[C@H]4O)c3n2)C1.O=C(O)C(F)(F)F. The van der Waals surface area contributed by atoms with Crippen molar-refractivity contribution < 1.29 is 52.7 Å². The molecule has 0 aliphatic carbocycles. The lowest BCUT2D eigenvalue weighted by atomic mass is 9.91. The molecule has 7 rings (SSSR count). The van der Waals surface area contributed by atoms with Crippen LogP contribution >= 0.6 is 0 Å². The number of benzene rings is 2. The van der Waals surface area contributed by atoms with Crippen LogP contribution in [-0.2, 0) is 14.3 Å². The van der Waals surface area contributed by atoms with Crippen molar-refractivity contribution in [2.24, 2.45) is 5.73 Å². The van der Waals surface area contributed by atoms with E-state index in [0.29, 0.717) is 49.0 Å². The predicted molar refractivity (Wildman–Crippen MR) is 208 cm³/mol. The fourth-order valence-electron chi connectivity index (χ4n) is 6.30. The van der Waals surface area contributed by atoms with Gasteiger partial charge < -0.3 is 51.7 Å². The Labute approximate surface area is 334 Å². The second-order valence-corrected chi connectivity index (χ2v) is 13.2. The predicted octanol–water partition coefficient (Wildman–Crippen LogP) is 3.17. The molecule has 2 aliphatic heterocycles. The van der Waals surface area contributed by atoms with E-state index in [-0.39, 0.29) is 23.6 Å². The number of carboxylic acids is 2. The molecule has 59 heavy (non-hydrogen) atoms. The summed E-state index contributed by atoms with van der Waals surface area (Å²) in [6.07, 6.45) is -5.97. The quantitative estimate of drug-likeness (QED) is 0.101. The number of anilines is 3. The number of halogens is 3. The van der Waals surface area contributed by atoms with E-state index in [0.717, 1.165) is 17.7 Å². The van der Waals surface area contributed by atoms with Crippen LogP contribution in [-0.4, -0.2) is 120 Å². The maximum Gasteiger partial charge on any atom is 0.490 e. The number of nitrogens with zero attached hydrogens (tertiary/aromatic N) is 6. The lowest BCUT2D eigenvalue weighted by Gasteiger charge is -2.22. The van der Waals surface area contributed by atoms with Gasteiger partial charge >= 0.3 is 24.1 Å². The molecule has 0 radical (unpaired) electrons. The van der Waals surface area contributed by atoms with Crippen LogP contribution in [0.3, 0.4) is 0 Å². The summed E-state index contributed by atoms with van der Waals surface area (Å²) in [5.74, 6) is -3.43. The normalized spacial score (nSPS) is 19.9. The van der Waals surface area contributed by atoms with Crippen LogP contribution in [0.5, 0.6) is 0 Å². The summed E-state index contributed by atoms with van der Waals surface area (Å²) in [5.41, 5.74) is 8.27. The van der Waals surface area contributed by atoms with Gasteiger partial charge in [0.2, 0.25) is 5.95 Å². The van der Waals surface area contributed by atoms with Crippen molar-refractivity contribution in [3.05, 3.63) is 103 Å². The molecule has 5 atom stereocenters. The number of aromatic nitrogens is 5. The van der Waals surface area contributed by atoms with E-state index in [2.05, 4.69) is 50.2 Å². The first-order chi connectivity index (χ1) is 28.2. The molecule has 314 valence electrons. The number of ether oxygens (including phenoxy) is 1. The zero-order valence-electron chi connectivity index (χ0n) is 31.5. The largest absolute Gasteiger partial charge is 0.490 e. The third-order valence-electron chi connectivity index (χ3n) is 9.01. The van der Waals surface area contributed by atoms with Crippen LogP contribution in [0.4, 0.5) is 35.4 Å². The van der Waals surface area contributed by atoms with Crippen molar-refractivity contribution in [2.75, 3.05) is 41.7 Å². The zero-order chi connectivity index (χ0) is 42.7. The van der Waals surface area contributed by atoms with Crippen molar-refractivity contribution in [3.8, 4) is 0 Å². The number of rotatable bonds is 10. The van der Waals surface area contributed by atoms with E-state index >= 15 is 0 Å². The first-order valence-corrected chi connectivity index (χ1v) is 18.3. The summed E-state index contributed by atoms with van der Waals surface area (Å²) in [4.78, 5) is 53.5. The molecule has 0 saturated carbocycles. The van der Waals surface area contributed by atoms with Gasteiger partial charge in [-0.1, -0.05) is 67.6 Å². The Morgan fingerprint density at radius 3 is 2.14 bits per heavy atom. The molecule has 2 aromatic carbocycles. The Bertz CT molecular complexity index is 2110. The minimum atomic E-state index is -5.08. The maximum atomic E-state index is 12.7. The van der Waals surface area contributed by atoms with Gasteiger partial charge in [0.1, 0.15) is 12.2 Å². The van der Waals surface area contributed by atoms with Crippen LogP contribution in [0, 0.1) is 0 Å². The summed E-state index contributed by atoms with van der Waals surface area (Å²) >= 11 is 0. The zero-order valence-corrected chi connectivity index (χ0v) is 31.5. The number of fused-ring (bicyclic) bond motifs is 1. The molecule has 18 nitrogen and oxygen atoms in total. The van der Waals surface area contributed by atoms with Gasteiger partial charge in [0, 0.05) is 37.8 Å². The smallest absolute Gasteiger partial charge is 0.479 e. The summed E-state index contributed by atoms with van der Waals surface area (Å²) in [7, 11) is 0. The monoisotopic (exact) mass is 824 g/mol. The van der Waals surface area contributed by atoms with Gasteiger partial charge in [0.15, 0.2) is 29.3 Å². The number of carbonyl (C=O) groups excluding carboxylic acids is 1. The van der Waals surface area contributed by atoms with E-state index in [4.69, 9.17) is 30.3 Å². The highest BCUT2D eigenvalue weighted by molar-refractivity contribution is 5.89. The van der Waals surface area contributed by atoms with Crippen LogP contribution in [0.1, 0.15) is 36.6 Å². The summed E-state index contributed by atoms with van der Waals surface area (Å²) in [5, 5.41) is 47.1. The van der Waals surface area contributed by atoms with Gasteiger partial charge in [-0.05, 0) is 36.2 Å². The van der Waals surface area contributed by atoms with Gasteiger partial charge in [-0.2, -0.15) is 23.1 Å². The number of hydrogen-bond acceptors (Lipinski definition) is 13. The molecule has 3 aromatic heterocycles. The van der Waals surface area contributed by atoms with Crippen LogP contribution in [0.15, 0.2) is 91.5 Å². The highest BCUT2D eigenvalue weighted by Crippen LogP contribution is 2.34. The number of carboxylic acid groups (broad SMARTS) is 2. The van der Waals surface area contributed by atoms with E-state index in [9.17, 15) is 38.1 Å². The van der Waals surface area contributed by atoms with Crippen LogP contribution in [0.25, 0.3) is 11.2 Å². The highest BCUT2D eigenvalue weighted by Gasteiger charge is 2.48. The second-order valence-electron chi connectivity index (χ2n) is 13.2. The first-order valence-electron chi connectivity index (χ1n) is 18.3. The molecule has 0 unspecified atom stereocenters. The molecule has 5 aromatic rings. The third kappa shape index (κ3) is 11.2.